The quantitative estimate of drug-likeness (QED) is 0.451. The highest BCUT2D eigenvalue weighted by Crippen LogP contribution is 2.37. The lowest BCUT2D eigenvalue weighted by Gasteiger charge is -2.43. The standard InChI is InChI=1S/C22H20ClF5N6O2/c1-12-8-21(24,25)11-34(17(12)10-36-18-6-3-13(9-29-18)22(26,27)28)20(35)16-7-14(23)4-5-15(16)19-30-32-33(2)31-19/h3-7,9,12,17H,8,10-11H2,1-2H3/t12-,17?/m1/s1. The molecule has 1 aliphatic heterocycles. The summed E-state index contributed by atoms with van der Waals surface area (Å²) >= 11 is 6.11. The lowest BCUT2D eigenvalue weighted by atomic mass is 9.88. The van der Waals surface area contributed by atoms with Gasteiger partial charge in [0.2, 0.25) is 11.7 Å². The van der Waals surface area contributed by atoms with E-state index in [4.69, 9.17) is 16.3 Å². The topological polar surface area (TPSA) is 86.0 Å². The number of alkyl halides is 5. The maximum Gasteiger partial charge on any atom is 0.417 e. The Hall–Kier alpha value is -3.35. The molecule has 0 radical (unpaired) electrons. The SMILES string of the molecule is C[C@@H]1CC(F)(F)CN(C(=O)c2cc(Cl)ccc2-c2nnn(C)n2)C1COc1ccc(C(F)(F)F)cn1. The molecule has 2 atom stereocenters. The molecule has 14 heteroatoms. The van der Waals surface area contributed by atoms with Crippen molar-refractivity contribution in [3.8, 4) is 17.3 Å². The third kappa shape index (κ3) is 5.55. The van der Waals surface area contributed by atoms with Crippen molar-refractivity contribution in [1.29, 1.82) is 0 Å². The molecule has 1 aliphatic rings. The van der Waals surface area contributed by atoms with E-state index in [9.17, 15) is 26.7 Å². The highest BCUT2D eigenvalue weighted by Gasteiger charge is 2.47. The predicted octanol–water partition coefficient (Wildman–Crippen LogP) is 4.51. The minimum absolute atomic E-state index is 0.00180. The first-order chi connectivity index (χ1) is 16.8. The Kier molecular flexibility index (Phi) is 6.86. The zero-order valence-corrected chi connectivity index (χ0v) is 19.8. The summed E-state index contributed by atoms with van der Waals surface area (Å²) in [5, 5.41) is 11.9. The zero-order valence-electron chi connectivity index (χ0n) is 19.0. The summed E-state index contributed by atoms with van der Waals surface area (Å²) in [5.74, 6) is -4.64. The van der Waals surface area contributed by atoms with Crippen molar-refractivity contribution in [2.75, 3.05) is 13.2 Å². The molecule has 1 fully saturated rings. The Morgan fingerprint density at radius 2 is 2.00 bits per heavy atom. The van der Waals surface area contributed by atoms with E-state index >= 15 is 0 Å². The first kappa shape index (κ1) is 25.7. The van der Waals surface area contributed by atoms with Crippen LogP contribution >= 0.6 is 11.6 Å². The maximum atomic E-state index is 14.6. The first-order valence-corrected chi connectivity index (χ1v) is 11.1. The molecule has 3 heterocycles. The number of pyridine rings is 1. The number of amides is 1. The number of rotatable bonds is 5. The molecule has 0 N–H and O–H groups in total. The van der Waals surface area contributed by atoms with Gasteiger partial charge in [-0.25, -0.2) is 13.8 Å². The monoisotopic (exact) mass is 530 g/mol. The number of likely N-dealkylation sites (tertiary alicyclic amines) is 1. The van der Waals surface area contributed by atoms with Crippen LogP contribution in [0.5, 0.6) is 5.88 Å². The summed E-state index contributed by atoms with van der Waals surface area (Å²) in [5.41, 5.74) is -0.704. The minimum atomic E-state index is -4.56. The Morgan fingerprint density at radius 1 is 1.25 bits per heavy atom. The summed E-state index contributed by atoms with van der Waals surface area (Å²) in [6.07, 6.45) is -4.45. The molecule has 1 unspecified atom stereocenters. The molecule has 0 saturated carbocycles. The second kappa shape index (κ2) is 9.60. The largest absolute Gasteiger partial charge is 0.475 e. The third-order valence-corrected chi connectivity index (χ3v) is 6.00. The van der Waals surface area contributed by atoms with Gasteiger partial charge in [-0.05, 0) is 35.4 Å². The van der Waals surface area contributed by atoms with Crippen LogP contribution in [0.25, 0.3) is 11.4 Å². The molecule has 0 bridgehead atoms. The number of ether oxygens (including phenoxy) is 1. The van der Waals surface area contributed by atoms with Crippen LogP contribution in [0, 0.1) is 5.92 Å². The van der Waals surface area contributed by atoms with Gasteiger partial charge in [0, 0.05) is 29.3 Å². The minimum Gasteiger partial charge on any atom is -0.475 e. The van der Waals surface area contributed by atoms with Crippen LogP contribution in [0.1, 0.15) is 29.3 Å². The van der Waals surface area contributed by atoms with Crippen LogP contribution in [0.15, 0.2) is 36.5 Å². The molecule has 4 rings (SSSR count). The number of hydrogen-bond acceptors (Lipinski definition) is 6. The number of piperidine rings is 1. The average molecular weight is 531 g/mol. The van der Waals surface area contributed by atoms with Crippen LogP contribution in [-0.4, -0.2) is 61.1 Å². The van der Waals surface area contributed by atoms with Gasteiger partial charge in [-0.2, -0.15) is 18.0 Å². The molecule has 2 aromatic heterocycles. The maximum absolute atomic E-state index is 14.6. The van der Waals surface area contributed by atoms with Crippen LogP contribution in [-0.2, 0) is 13.2 Å². The van der Waals surface area contributed by atoms with Gasteiger partial charge in [-0.3, -0.25) is 4.79 Å². The smallest absolute Gasteiger partial charge is 0.417 e. The zero-order chi connectivity index (χ0) is 26.3. The molecule has 1 amide bonds. The molecule has 36 heavy (non-hydrogen) atoms. The Morgan fingerprint density at radius 3 is 2.61 bits per heavy atom. The number of tetrazole rings is 1. The molecule has 3 aromatic rings. The van der Waals surface area contributed by atoms with Crippen molar-refractivity contribution >= 4 is 17.5 Å². The van der Waals surface area contributed by atoms with E-state index < -0.39 is 48.5 Å². The molecule has 1 aromatic carbocycles. The van der Waals surface area contributed by atoms with Crippen molar-refractivity contribution in [2.45, 2.75) is 31.5 Å². The fraction of sp³-hybridized carbons (Fsp3) is 0.409. The van der Waals surface area contributed by atoms with Crippen LogP contribution < -0.4 is 4.74 Å². The van der Waals surface area contributed by atoms with E-state index in [2.05, 4.69) is 20.4 Å². The predicted molar refractivity (Wildman–Crippen MR) is 118 cm³/mol. The number of benzene rings is 1. The molecule has 0 aliphatic carbocycles. The van der Waals surface area contributed by atoms with E-state index in [1.54, 1.807) is 6.92 Å². The third-order valence-electron chi connectivity index (χ3n) is 5.77. The highest BCUT2D eigenvalue weighted by atomic mass is 35.5. The van der Waals surface area contributed by atoms with E-state index in [1.165, 1.54) is 30.0 Å². The van der Waals surface area contributed by atoms with Gasteiger partial charge in [0.1, 0.15) is 6.61 Å². The van der Waals surface area contributed by atoms with Gasteiger partial charge in [-0.1, -0.05) is 18.5 Å². The van der Waals surface area contributed by atoms with Gasteiger partial charge >= 0.3 is 6.18 Å². The van der Waals surface area contributed by atoms with Crippen molar-refractivity contribution in [3.63, 3.8) is 0 Å². The highest BCUT2D eigenvalue weighted by molar-refractivity contribution is 6.31. The Balaban J connectivity index is 1.63. The van der Waals surface area contributed by atoms with E-state index in [1.807, 2.05) is 0 Å². The number of halogens is 6. The lowest BCUT2D eigenvalue weighted by molar-refractivity contribution is -0.137. The van der Waals surface area contributed by atoms with Crippen LogP contribution in [0.3, 0.4) is 0 Å². The number of nitrogens with zero attached hydrogens (tertiary/aromatic N) is 6. The Bertz CT molecular complexity index is 1250. The average Bonchev–Trinajstić information content (AvgIpc) is 3.22. The summed E-state index contributed by atoms with van der Waals surface area (Å²) < 4.78 is 73.0. The van der Waals surface area contributed by atoms with Crippen molar-refractivity contribution in [1.82, 2.24) is 30.1 Å². The molecule has 0 spiro atoms. The van der Waals surface area contributed by atoms with E-state index in [0.29, 0.717) is 6.20 Å². The molecule has 8 nitrogen and oxygen atoms in total. The molecular weight excluding hydrogens is 511 g/mol. The van der Waals surface area contributed by atoms with E-state index in [0.717, 1.165) is 17.0 Å². The van der Waals surface area contributed by atoms with Gasteiger partial charge < -0.3 is 9.64 Å². The fourth-order valence-corrected chi connectivity index (χ4v) is 4.23. The Labute approximate surface area is 207 Å². The van der Waals surface area contributed by atoms with Crippen LogP contribution in [0.4, 0.5) is 22.0 Å². The first-order valence-electron chi connectivity index (χ1n) is 10.7. The molecular formula is C22H20ClF5N6O2. The van der Waals surface area contributed by atoms with Crippen molar-refractivity contribution in [3.05, 3.63) is 52.7 Å². The summed E-state index contributed by atoms with van der Waals surface area (Å²) in [6, 6.07) is 5.34. The number of hydrogen-bond donors (Lipinski definition) is 0. The molecule has 1 saturated heterocycles. The summed E-state index contributed by atoms with van der Waals surface area (Å²) in [7, 11) is 1.53. The summed E-state index contributed by atoms with van der Waals surface area (Å²) in [6.45, 7) is 0.399. The van der Waals surface area contributed by atoms with Crippen molar-refractivity contribution < 1.29 is 31.5 Å². The number of carbonyl (C=O) groups is 1. The van der Waals surface area contributed by atoms with Crippen LogP contribution in [0.2, 0.25) is 5.02 Å². The van der Waals surface area contributed by atoms with E-state index in [-0.39, 0.29) is 34.5 Å². The fourth-order valence-electron chi connectivity index (χ4n) is 4.06. The second-order valence-corrected chi connectivity index (χ2v) is 8.96. The number of aromatic nitrogens is 5. The van der Waals surface area contributed by atoms with Gasteiger partial charge in [0.25, 0.3) is 11.8 Å². The molecule has 192 valence electrons. The number of carbonyl (C=O) groups excluding carboxylic acids is 1. The van der Waals surface area contributed by atoms with Gasteiger partial charge in [0.05, 0.1) is 30.8 Å². The summed E-state index contributed by atoms with van der Waals surface area (Å²) in [4.78, 5) is 19.4. The van der Waals surface area contributed by atoms with Gasteiger partial charge in [-0.15, -0.1) is 10.2 Å². The lowest BCUT2D eigenvalue weighted by Crippen LogP contribution is -2.57. The number of aryl methyl sites for hydroxylation is 1. The second-order valence-electron chi connectivity index (χ2n) is 8.52. The van der Waals surface area contributed by atoms with Gasteiger partial charge in [0.15, 0.2) is 0 Å². The van der Waals surface area contributed by atoms with Crippen molar-refractivity contribution in [2.24, 2.45) is 13.0 Å². The normalized spacial score (nSPS) is 19.8.